The third-order valence-electron chi connectivity index (χ3n) is 2.11. The first kappa shape index (κ1) is 9.58. The van der Waals surface area contributed by atoms with Gasteiger partial charge in [-0.3, -0.25) is 4.79 Å². The molecular formula is C10H12O3. The molecule has 0 aromatic heterocycles. The number of hydrogen-bond acceptors (Lipinski definition) is 2. The van der Waals surface area contributed by atoms with Gasteiger partial charge in [-0.15, -0.1) is 0 Å². The van der Waals surface area contributed by atoms with Crippen LogP contribution in [0, 0.1) is 0 Å². The van der Waals surface area contributed by atoms with Crippen molar-refractivity contribution < 1.29 is 15.0 Å². The monoisotopic (exact) mass is 180 g/mol. The molecule has 0 aliphatic carbocycles. The lowest BCUT2D eigenvalue weighted by atomic mass is 9.84. The fourth-order valence-corrected chi connectivity index (χ4v) is 1.12. The van der Waals surface area contributed by atoms with Crippen LogP contribution in [0.3, 0.4) is 0 Å². The first-order chi connectivity index (χ1) is 5.96. The van der Waals surface area contributed by atoms with Gasteiger partial charge in [-0.1, -0.05) is 18.2 Å². The van der Waals surface area contributed by atoms with Gasteiger partial charge >= 0.3 is 5.97 Å². The number of benzene rings is 1. The zero-order chi connectivity index (χ0) is 10.1. The number of carbonyl (C=O) groups is 1. The second kappa shape index (κ2) is 3.09. The summed E-state index contributed by atoms with van der Waals surface area (Å²) in [6.07, 6.45) is 0. The molecule has 3 nitrogen and oxygen atoms in total. The molecule has 3 heteroatoms. The van der Waals surface area contributed by atoms with Crippen molar-refractivity contribution in [2.75, 3.05) is 0 Å². The molecule has 1 aromatic carbocycles. The summed E-state index contributed by atoms with van der Waals surface area (Å²) in [6, 6.07) is 6.47. The first-order valence-electron chi connectivity index (χ1n) is 3.98. The van der Waals surface area contributed by atoms with Crippen LogP contribution in [0.15, 0.2) is 24.3 Å². The van der Waals surface area contributed by atoms with Crippen molar-refractivity contribution in [3.05, 3.63) is 29.8 Å². The van der Waals surface area contributed by atoms with Gasteiger partial charge in [0.1, 0.15) is 5.75 Å². The molecule has 0 aliphatic heterocycles. The van der Waals surface area contributed by atoms with Gasteiger partial charge in [-0.05, 0) is 19.9 Å². The van der Waals surface area contributed by atoms with Crippen molar-refractivity contribution in [1.29, 1.82) is 0 Å². The number of carboxylic acids is 1. The van der Waals surface area contributed by atoms with Crippen molar-refractivity contribution in [1.82, 2.24) is 0 Å². The first-order valence-corrected chi connectivity index (χ1v) is 3.98. The van der Waals surface area contributed by atoms with E-state index in [2.05, 4.69) is 0 Å². The Hall–Kier alpha value is -1.51. The van der Waals surface area contributed by atoms with E-state index in [0.29, 0.717) is 5.56 Å². The van der Waals surface area contributed by atoms with Gasteiger partial charge in [0.2, 0.25) is 0 Å². The summed E-state index contributed by atoms with van der Waals surface area (Å²) < 4.78 is 0. The Morgan fingerprint density at radius 3 is 2.31 bits per heavy atom. The zero-order valence-electron chi connectivity index (χ0n) is 7.61. The largest absolute Gasteiger partial charge is 0.508 e. The van der Waals surface area contributed by atoms with Gasteiger partial charge in [-0.25, -0.2) is 0 Å². The Kier molecular flexibility index (Phi) is 2.28. The summed E-state index contributed by atoms with van der Waals surface area (Å²) in [5.41, 5.74) is -0.617. The van der Waals surface area contributed by atoms with Crippen molar-refractivity contribution >= 4 is 5.97 Å². The molecule has 0 heterocycles. The van der Waals surface area contributed by atoms with Crippen LogP contribution in [0.25, 0.3) is 0 Å². The molecule has 1 aromatic rings. The van der Waals surface area contributed by atoms with Crippen LogP contribution >= 0.6 is 0 Å². The maximum atomic E-state index is 10.9. The topological polar surface area (TPSA) is 57.5 Å². The second-order valence-electron chi connectivity index (χ2n) is 3.45. The van der Waals surface area contributed by atoms with Crippen LogP contribution in [0.4, 0.5) is 0 Å². The van der Waals surface area contributed by atoms with E-state index >= 15 is 0 Å². The number of aromatic hydroxyl groups is 1. The highest BCUT2D eigenvalue weighted by Gasteiger charge is 2.31. The quantitative estimate of drug-likeness (QED) is 0.729. The van der Waals surface area contributed by atoms with Crippen LogP contribution in [-0.2, 0) is 10.2 Å². The fraction of sp³-hybridized carbons (Fsp3) is 0.300. The lowest BCUT2D eigenvalue weighted by molar-refractivity contribution is -0.142. The van der Waals surface area contributed by atoms with Crippen LogP contribution < -0.4 is 0 Å². The van der Waals surface area contributed by atoms with Crippen LogP contribution in [0.5, 0.6) is 5.75 Å². The molecule has 0 atom stereocenters. The molecule has 0 saturated heterocycles. The van der Waals surface area contributed by atoms with Crippen molar-refractivity contribution in [3.8, 4) is 5.75 Å². The second-order valence-corrected chi connectivity index (χ2v) is 3.45. The van der Waals surface area contributed by atoms with Crippen molar-refractivity contribution in [3.63, 3.8) is 0 Å². The number of phenolic OH excluding ortho intramolecular Hbond substituents is 1. The summed E-state index contributed by atoms with van der Waals surface area (Å²) in [7, 11) is 0. The SMILES string of the molecule is CC(C)(C(=O)O)c1ccccc1O. The van der Waals surface area contributed by atoms with Gasteiger partial charge in [0.05, 0.1) is 5.41 Å². The molecule has 0 aliphatic rings. The highest BCUT2D eigenvalue weighted by molar-refractivity contribution is 5.81. The molecule has 0 bridgehead atoms. The van der Waals surface area contributed by atoms with Gasteiger partial charge in [-0.2, -0.15) is 0 Å². The maximum Gasteiger partial charge on any atom is 0.313 e. The molecule has 0 saturated carbocycles. The standard InChI is InChI=1S/C10H12O3/c1-10(2,9(12)13)7-5-3-4-6-8(7)11/h3-6,11H,1-2H3,(H,12,13). The van der Waals surface area contributed by atoms with Gasteiger partial charge in [0.25, 0.3) is 0 Å². The Bertz CT molecular complexity index is 329. The lowest BCUT2D eigenvalue weighted by Crippen LogP contribution is -2.28. The molecule has 13 heavy (non-hydrogen) atoms. The highest BCUT2D eigenvalue weighted by Crippen LogP contribution is 2.30. The molecular weight excluding hydrogens is 168 g/mol. The molecule has 0 radical (unpaired) electrons. The van der Waals surface area contributed by atoms with Gasteiger partial charge in [0, 0.05) is 5.56 Å². The minimum atomic E-state index is -1.05. The van der Waals surface area contributed by atoms with E-state index in [0.717, 1.165) is 0 Å². The maximum absolute atomic E-state index is 10.9. The molecule has 2 N–H and O–H groups in total. The lowest BCUT2D eigenvalue weighted by Gasteiger charge is -2.20. The molecule has 0 spiro atoms. The number of carboxylic acid groups (broad SMARTS) is 1. The smallest absolute Gasteiger partial charge is 0.313 e. The van der Waals surface area contributed by atoms with E-state index in [9.17, 15) is 9.90 Å². The predicted octanol–water partition coefficient (Wildman–Crippen LogP) is 1.75. The summed E-state index contributed by atoms with van der Waals surface area (Å²) in [5.74, 6) is -0.927. The average Bonchev–Trinajstić information content (AvgIpc) is 2.04. The molecule has 0 amide bonds. The van der Waals surface area contributed by atoms with E-state index in [4.69, 9.17) is 5.11 Å². The Balaban J connectivity index is 3.22. The van der Waals surface area contributed by atoms with E-state index in [1.54, 1.807) is 32.0 Å². The summed E-state index contributed by atoms with van der Waals surface area (Å²) in [5, 5.41) is 18.3. The number of aliphatic carboxylic acids is 1. The van der Waals surface area contributed by atoms with E-state index in [1.165, 1.54) is 6.07 Å². The molecule has 0 unspecified atom stereocenters. The number of phenols is 1. The summed E-state index contributed by atoms with van der Waals surface area (Å²) in [6.45, 7) is 3.12. The zero-order valence-corrected chi connectivity index (χ0v) is 7.61. The minimum absolute atomic E-state index is 0.0231. The van der Waals surface area contributed by atoms with Crippen LogP contribution in [0.1, 0.15) is 19.4 Å². The van der Waals surface area contributed by atoms with Gasteiger partial charge < -0.3 is 10.2 Å². The predicted molar refractivity (Wildman–Crippen MR) is 48.8 cm³/mol. The van der Waals surface area contributed by atoms with Crippen LogP contribution in [0.2, 0.25) is 0 Å². The van der Waals surface area contributed by atoms with E-state index in [1.807, 2.05) is 0 Å². The normalized spacial score (nSPS) is 11.2. The molecule has 1 rings (SSSR count). The number of rotatable bonds is 2. The van der Waals surface area contributed by atoms with Crippen molar-refractivity contribution in [2.24, 2.45) is 0 Å². The Morgan fingerprint density at radius 1 is 1.31 bits per heavy atom. The number of hydrogen-bond donors (Lipinski definition) is 2. The van der Waals surface area contributed by atoms with E-state index in [-0.39, 0.29) is 5.75 Å². The fourth-order valence-electron chi connectivity index (χ4n) is 1.12. The summed E-state index contributed by atoms with van der Waals surface area (Å²) in [4.78, 5) is 10.9. The minimum Gasteiger partial charge on any atom is -0.508 e. The van der Waals surface area contributed by atoms with Crippen LogP contribution in [-0.4, -0.2) is 16.2 Å². The summed E-state index contributed by atoms with van der Waals surface area (Å²) >= 11 is 0. The van der Waals surface area contributed by atoms with Gasteiger partial charge in [0.15, 0.2) is 0 Å². The third-order valence-corrected chi connectivity index (χ3v) is 2.11. The number of para-hydroxylation sites is 1. The third kappa shape index (κ3) is 1.64. The molecule has 70 valence electrons. The van der Waals surface area contributed by atoms with Crippen molar-refractivity contribution in [2.45, 2.75) is 19.3 Å². The average molecular weight is 180 g/mol. The Morgan fingerprint density at radius 2 is 1.85 bits per heavy atom. The Labute approximate surface area is 76.6 Å². The molecule has 0 fully saturated rings. The highest BCUT2D eigenvalue weighted by atomic mass is 16.4. The van der Waals surface area contributed by atoms with E-state index < -0.39 is 11.4 Å².